The summed E-state index contributed by atoms with van der Waals surface area (Å²) in [4.78, 5) is 0. The predicted molar refractivity (Wildman–Crippen MR) is 197 cm³/mol. The van der Waals surface area contributed by atoms with Gasteiger partial charge in [-0.05, 0) is 106 Å². The number of nitrogens with one attached hydrogen (secondary N) is 2. The van der Waals surface area contributed by atoms with Crippen LogP contribution in [0.15, 0.2) is 119 Å². The minimum absolute atomic E-state index is 0.0354. The molecule has 0 fully saturated rings. The fourth-order valence-electron chi connectivity index (χ4n) is 5.78. The molecule has 6 rings (SSSR count). The van der Waals surface area contributed by atoms with Gasteiger partial charge >= 0.3 is 0 Å². The van der Waals surface area contributed by atoms with Gasteiger partial charge in [-0.25, -0.2) is 0 Å². The minimum Gasteiger partial charge on any atom is -0.508 e. The molecule has 1 aliphatic rings. The van der Waals surface area contributed by atoms with Crippen molar-refractivity contribution in [2.24, 2.45) is 11.3 Å². The van der Waals surface area contributed by atoms with Gasteiger partial charge in [0.2, 0.25) is 23.6 Å². The summed E-state index contributed by atoms with van der Waals surface area (Å²) >= 11 is 0. The fourth-order valence-corrected chi connectivity index (χ4v) is 5.78. The molecule has 1 aliphatic carbocycles. The SMILES string of the molecule is CC(C)(C)c1ccc(-c2nnc(-c3ccc(-c4cc(O)cc(-c5ccc(C(=N)OC(=N)C6=CCC(C(C)(C)C)C=C6)cc5)c4)cc3)o2)cc1. The van der Waals surface area contributed by atoms with Crippen molar-refractivity contribution in [2.45, 2.75) is 53.4 Å². The van der Waals surface area contributed by atoms with Crippen molar-refractivity contribution in [3.05, 3.63) is 126 Å². The molecule has 0 bridgehead atoms. The maximum atomic E-state index is 10.6. The van der Waals surface area contributed by atoms with Gasteiger partial charge in [0.15, 0.2) is 0 Å². The highest BCUT2D eigenvalue weighted by Gasteiger charge is 2.24. The van der Waals surface area contributed by atoms with E-state index in [1.54, 1.807) is 24.3 Å². The van der Waals surface area contributed by atoms with Gasteiger partial charge in [-0.3, -0.25) is 10.8 Å². The number of nitrogens with zero attached hydrogens (tertiary/aromatic N) is 2. The number of hydrogen-bond donors (Lipinski definition) is 3. The lowest BCUT2D eigenvalue weighted by Gasteiger charge is -2.29. The van der Waals surface area contributed by atoms with Gasteiger partial charge in [0.05, 0.1) is 0 Å². The van der Waals surface area contributed by atoms with E-state index in [1.165, 1.54) is 5.56 Å². The third kappa shape index (κ3) is 7.62. The third-order valence-corrected chi connectivity index (χ3v) is 8.96. The standard InChI is InChI=1S/C42H42N4O3/c1-41(2,3)34-19-15-29(16-20-34)38(44)48-37(43)28-11-7-26(8-12-28)32-23-33(25-36(47)24-32)27-9-13-30(14-10-27)39-45-46-40(49-39)31-17-21-35(22-18-31)42(4,5)6/h7-19,21-25,34,43-44,47H,20H2,1-6H3. The van der Waals surface area contributed by atoms with Gasteiger partial charge in [-0.2, -0.15) is 0 Å². The number of rotatable bonds is 6. The van der Waals surface area contributed by atoms with E-state index in [0.717, 1.165) is 39.8 Å². The predicted octanol–water partition coefficient (Wildman–Crippen LogP) is 10.6. The van der Waals surface area contributed by atoms with Crippen molar-refractivity contribution < 1.29 is 14.3 Å². The molecular weight excluding hydrogens is 608 g/mol. The van der Waals surface area contributed by atoms with Crippen molar-refractivity contribution in [2.75, 3.05) is 0 Å². The summed E-state index contributed by atoms with van der Waals surface area (Å²) in [7, 11) is 0. The molecule has 3 N–H and O–H groups in total. The smallest absolute Gasteiger partial charge is 0.248 e. The number of aromatic hydroxyl groups is 1. The van der Waals surface area contributed by atoms with Crippen molar-refractivity contribution in [3.63, 3.8) is 0 Å². The van der Waals surface area contributed by atoms with Crippen LogP contribution in [0.5, 0.6) is 5.75 Å². The van der Waals surface area contributed by atoms with Crippen molar-refractivity contribution in [1.82, 2.24) is 10.2 Å². The van der Waals surface area contributed by atoms with E-state index in [4.69, 9.17) is 20.0 Å². The highest BCUT2D eigenvalue weighted by Crippen LogP contribution is 2.35. The van der Waals surface area contributed by atoms with E-state index in [0.29, 0.717) is 28.8 Å². The van der Waals surface area contributed by atoms with Crippen molar-refractivity contribution >= 4 is 11.8 Å². The number of phenols is 1. The summed E-state index contributed by atoms with van der Waals surface area (Å²) in [6, 6.07) is 28.8. The number of hydrogen-bond acceptors (Lipinski definition) is 7. The molecule has 1 unspecified atom stereocenters. The Morgan fingerprint density at radius 1 is 0.694 bits per heavy atom. The molecule has 0 saturated carbocycles. The lowest BCUT2D eigenvalue weighted by atomic mass is 9.76. The van der Waals surface area contributed by atoms with E-state index in [1.807, 2.05) is 66.7 Å². The molecule has 248 valence electrons. The second-order valence-electron chi connectivity index (χ2n) is 14.7. The number of aromatic nitrogens is 2. The van der Waals surface area contributed by atoms with E-state index in [2.05, 4.69) is 69.9 Å². The average molecular weight is 651 g/mol. The lowest BCUT2D eigenvalue weighted by molar-refractivity contribution is 0.293. The molecule has 7 heteroatoms. The Hall–Kier alpha value is -5.56. The second kappa shape index (κ2) is 13.2. The summed E-state index contributed by atoms with van der Waals surface area (Å²) in [6.45, 7) is 13.2. The molecule has 5 aromatic rings. The van der Waals surface area contributed by atoms with E-state index >= 15 is 0 Å². The maximum Gasteiger partial charge on any atom is 0.248 e. The van der Waals surface area contributed by atoms with Crippen LogP contribution in [0.4, 0.5) is 0 Å². The van der Waals surface area contributed by atoms with Crippen LogP contribution >= 0.6 is 0 Å². The molecular formula is C42H42N4O3. The monoisotopic (exact) mass is 650 g/mol. The zero-order valence-corrected chi connectivity index (χ0v) is 28.8. The maximum absolute atomic E-state index is 10.6. The summed E-state index contributed by atoms with van der Waals surface area (Å²) in [5, 5.41) is 36.0. The van der Waals surface area contributed by atoms with Gasteiger partial charge < -0.3 is 14.3 Å². The van der Waals surface area contributed by atoms with Crippen LogP contribution in [0.1, 0.15) is 59.1 Å². The van der Waals surface area contributed by atoms with Gasteiger partial charge in [-0.1, -0.05) is 96.2 Å². The molecule has 0 amide bonds. The summed E-state index contributed by atoms with van der Waals surface area (Å²) in [6.07, 6.45) is 6.89. The Kier molecular flexibility index (Phi) is 8.95. The Balaban J connectivity index is 1.13. The van der Waals surface area contributed by atoms with Crippen LogP contribution in [-0.2, 0) is 10.2 Å². The van der Waals surface area contributed by atoms with Crippen molar-refractivity contribution in [3.8, 4) is 50.9 Å². The minimum atomic E-state index is -0.0905. The van der Waals surface area contributed by atoms with Crippen LogP contribution in [0.2, 0.25) is 0 Å². The van der Waals surface area contributed by atoms with E-state index in [-0.39, 0.29) is 28.4 Å². The summed E-state index contributed by atoms with van der Waals surface area (Å²) < 4.78 is 11.6. The molecule has 1 aromatic heterocycles. The van der Waals surface area contributed by atoms with Gasteiger partial charge in [-0.15, -0.1) is 10.2 Å². The zero-order chi connectivity index (χ0) is 34.9. The largest absolute Gasteiger partial charge is 0.508 e. The van der Waals surface area contributed by atoms with Crippen LogP contribution in [0.25, 0.3) is 45.2 Å². The summed E-state index contributed by atoms with van der Waals surface area (Å²) in [5.74, 6) is 1.33. The summed E-state index contributed by atoms with van der Waals surface area (Å²) in [5.41, 5.74) is 7.84. The molecule has 0 aliphatic heterocycles. The first-order valence-corrected chi connectivity index (χ1v) is 16.5. The van der Waals surface area contributed by atoms with Crippen LogP contribution in [0.3, 0.4) is 0 Å². The van der Waals surface area contributed by atoms with Crippen molar-refractivity contribution in [1.29, 1.82) is 10.8 Å². The normalized spacial score (nSPS) is 14.7. The molecule has 4 aromatic carbocycles. The molecule has 0 spiro atoms. The first-order chi connectivity index (χ1) is 23.2. The molecule has 0 radical (unpaired) electrons. The first kappa shape index (κ1) is 33.3. The molecule has 0 saturated heterocycles. The topological polar surface area (TPSA) is 116 Å². The quantitative estimate of drug-likeness (QED) is 0.125. The fraction of sp³-hybridized carbons (Fsp3) is 0.238. The van der Waals surface area contributed by atoms with E-state index < -0.39 is 0 Å². The molecule has 1 atom stereocenters. The molecule has 49 heavy (non-hydrogen) atoms. The number of allylic oxidation sites excluding steroid dienone is 2. The van der Waals surface area contributed by atoms with Gasteiger partial charge in [0.1, 0.15) is 5.75 Å². The second-order valence-corrected chi connectivity index (χ2v) is 14.7. The average Bonchev–Trinajstić information content (AvgIpc) is 3.58. The van der Waals surface area contributed by atoms with Gasteiger partial charge in [0, 0.05) is 22.3 Å². The Morgan fingerprint density at radius 2 is 1.20 bits per heavy atom. The Morgan fingerprint density at radius 3 is 1.69 bits per heavy atom. The highest BCUT2D eigenvalue weighted by atomic mass is 16.5. The Bertz CT molecular complexity index is 2060. The van der Waals surface area contributed by atoms with E-state index in [9.17, 15) is 5.11 Å². The zero-order valence-electron chi connectivity index (χ0n) is 28.8. The molecule has 1 heterocycles. The first-order valence-electron chi connectivity index (χ1n) is 16.5. The number of ether oxygens (including phenoxy) is 1. The van der Waals surface area contributed by atoms with Crippen LogP contribution in [-0.4, -0.2) is 27.1 Å². The third-order valence-electron chi connectivity index (χ3n) is 8.96. The number of phenolic OH excluding ortho intramolecular Hbond substituents is 1. The van der Waals surface area contributed by atoms with Crippen LogP contribution < -0.4 is 0 Å². The number of benzene rings is 4. The lowest BCUT2D eigenvalue weighted by Crippen LogP contribution is -2.21. The van der Waals surface area contributed by atoms with Crippen LogP contribution in [0, 0.1) is 22.2 Å². The highest BCUT2D eigenvalue weighted by molar-refractivity contribution is 6.06. The molecule has 7 nitrogen and oxygen atoms in total. The van der Waals surface area contributed by atoms with Gasteiger partial charge in [0.25, 0.3) is 0 Å². The Labute approximate surface area is 288 Å².